The number of carbonyl (C=O) groups is 1. The van der Waals surface area contributed by atoms with Gasteiger partial charge in [0.15, 0.2) is 0 Å². The molecule has 100 valence electrons. The number of ether oxygens (including phenoxy) is 2. The van der Waals surface area contributed by atoms with E-state index < -0.39 is 34.5 Å². The number of alkyl halides is 2. The highest BCUT2D eigenvalue weighted by atomic mass is 19.3. The van der Waals surface area contributed by atoms with Crippen molar-refractivity contribution in [1.82, 2.24) is 0 Å². The Kier molecular flexibility index (Phi) is 4.31. The van der Waals surface area contributed by atoms with E-state index in [2.05, 4.69) is 9.47 Å². The summed E-state index contributed by atoms with van der Waals surface area (Å²) in [5, 5.41) is 19.4. The average molecular weight is 272 g/mol. The average Bonchev–Trinajstić information content (AvgIpc) is 2.36. The Labute approximate surface area is 105 Å². The highest BCUT2D eigenvalue weighted by molar-refractivity contribution is 5.93. The van der Waals surface area contributed by atoms with Gasteiger partial charge >= 0.3 is 18.3 Å². The molecule has 0 spiro atoms. The molecule has 1 rings (SSSR count). The lowest BCUT2D eigenvalue weighted by atomic mass is 10.1. The highest BCUT2D eigenvalue weighted by Crippen LogP contribution is 2.32. The number of benzene rings is 1. The second-order valence-electron chi connectivity index (χ2n) is 3.10. The van der Waals surface area contributed by atoms with Crippen LogP contribution in [0.5, 0.6) is 5.75 Å². The van der Waals surface area contributed by atoms with E-state index in [-0.39, 0.29) is 5.56 Å². The summed E-state index contributed by atoms with van der Waals surface area (Å²) in [7, 11) is 1.01. The Morgan fingerprint density at radius 3 is 2.58 bits per heavy atom. The van der Waals surface area contributed by atoms with Crippen molar-refractivity contribution < 1.29 is 28.0 Å². The molecule has 9 heteroatoms. The van der Waals surface area contributed by atoms with Crippen molar-refractivity contribution >= 4 is 11.7 Å². The zero-order valence-corrected chi connectivity index (χ0v) is 9.42. The first-order chi connectivity index (χ1) is 8.90. The molecule has 0 radical (unpaired) electrons. The first kappa shape index (κ1) is 14.3. The van der Waals surface area contributed by atoms with Crippen LogP contribution < -0.4 is 4.74 Å². The lowest BCUT2D eigenvalue weighted by Gasteiger charge is -2.08. The van der Waals surface area contributed by atoms with E-state index >= 15 is 0 Å². The van der Waals surface area contributed by atoms with Gasteiger partial charge in [0.2, 0.25) is 5.75 Å². The van der Waals surface area contributed by atoms with Crippen LogP contribution in [0.2, 0.25) is 0 Å². The van der Waals surface area contributed by atoms with E-state index in [9.17, 15) is 23.7 Å². The van der Waals surface area contributed by atoms with Crippen LogP contribution in [0.15, 0.2) is 12.1 Å². The van der Waals surface area contributed by atoms with Crippen molar-refractivity contribution in [2.75, 3.05) is 7.11 Å². The lowest BCUT2D eigenvalue weighted by Crippen LogP contribution is -2.09. The molecule has 19 heavy (non-hydrogen) atoms. The van der Waals surface area contributed by atoms with Gasteiger partial charge in [0.05, 0.1) is 23.2 Å². The predicted octanol–water partition coefficient (Wildman–Crippen LogP) is 1.85. The molecule has 1 aromatic rings. The molecule has 7 nitrogen and oxygen atoms in total. The molecule has 0 aliphatic rings. The summed E-state index contributed by atoms with van der Waals surface area (Å²) in [5.74, 6) is -1.81. The fourth-order valence-corrected chi connectivity index (χ4v) is 1.27. The Balaban J connectivity index is 3.47. The largest absolute Gasteiger partial charge is 0.465 e. The van der Waals surface area contributed by atoms with E-state index in [1.807, 2.05) is 0 Å². The fraction of sp³-hybridized carbons (Fsp3) is 0.200. The van der Waals surface area contributed by atoms with Crippen LogP contribution >= 0.6 is 0 Å². The van der Waals surface area contributed by atoms with Crippen molar-refractivity contribution in [2.45, 2.75) is 6.61 Å². The minimum Gasteiger partial charge on any atom is -0.465 e. The molecule has 0 aliphatic carbocycles. The van der Waals surface area contributed by atoms with E-state index in [0.29, 0.717) is 12.1 Å². The van der Waals surface area contributed by atoms with Gasteiger partial charge in [-0.05, 0) is 0 Å². The first-order valence-electron chi connectivity index (χ1n) is 4.66. The Morgan fingerprint density at radius 2 is 2.16 bits per heavy atom. The van der Waals surface area contributed by atoms with Gasteiger partial charge in [-0.2, -0.15) is 14.0 Å². The molecular formula is C10H6F2N2O5. The molecule has 0 N–H and O–H groups in total. The molecule has 0 saturated heterocycles. The van der Waals surface area contributed by atoms with Crippen LogP contribution in [0.4, 0.5) is 14.5 Å². The highest BCUT2D eigenvalue weighted by Gasteiger charge is 2.25. The third kappa shape index (κ3) is 3.12. The first-order valence-corrected chi connectivity index (χ1v) is 4.66. The minimum absolute atomic E-state index is 0.375. The molecule has 0 bridgehead atoms. The summed E-state index contributed by atoms with van der Waals surface area (Å²) in [5.41, 5.74) is -1.61. The molecule has 0 aromatic heterocycles. The van der Waals surface area contributed by atoms with Crippen LogP contribution in [0.3, 0.4) is 0 Å². The topological polar surface area (TPSA) is 102 Å². The maximum Gasteiger partial charge on any atom is 0.387 e. The number of nitro benzene ring substituents is 1. The Morgan fingerprint density at radius 1 is 1.53 bits per heavy atom. The van der Waals surface area contributed by atoms with E-state index in [1.165, 1.54) is 6.07 Å². The normalized spacial score (nSPS) is 9.84. The van der Waals surface area contributed by atoms with E-state index in [4.69, 9.17) is 5.26 Å². The molecule has 0 heterocycles. The molecule has 0 aliphatic heterocycles. The third-order valence-corrected chi connectivity index (χ3v) is 2.04. The molecule has 0 atom stereocenters. The maximum absolute atomic E-state index is 12.1. The Hall–Kier alpha value is -2.76. The molecule has 0 fully saturated rings. The van der Waals surface area contributed by atoms with Gasteiger partial charge in [0.25, 0.3) is 0 Å². The van der Waals surface area contributed by atoms with Gasteiger partial charge in [0, 0.05) is 12.1 Å². The smallest absolute Gasteiger partial charge is 0.387 e. The van der Waals surface area contributed by atoms with Crippen LogP contribution in [0.1, 0.15) is 15.9 Å². The zero-order valence-electron chi connectivity index (χ0n) is 9.42. The maximum atomic E-state index is 12.1. The number of nitrogens with zero attached hydrogens (tertiary/aromatic N) is 2. The third-order valence-electron chi connectivity index (χ3n) is 2.04. The van der Waals surface area contributed by atoms with Crippen LogP contribution in [0.25, 0.3) is 0 Å². The second kappa shape index (κ2) is 5.72. The van der Waals surface area contributed by atoms with Gasteiger partial charge in [-0.15, -0.1) is 0 Å². The van der Waals surface area contributed by atoms with Crippen molar-refractivity contribution in [3.05, 3.63) is 33.4 Å². The minimum atomic E-state index is -3.31. The number of nitriles is 1. The SMILES string of the molecule is COC(=O)c1cc(OC(F)F)c([N+](=O)[O-])cc1C#N. The summed E-state index contributed by atoms with van der Waals surface area (Å²) < 4.78 is 32.6. The number of carbonyl (C=O) groups excluding carboxylic acids is 1. The Bertz CT molecular complexity index is 568. The molecular weight excluding hydrogens is 266 g/mol. The quantitative estimate of drug-likeness (QED) is 0.470. The fourth-order valence-electron chi connectivity index (χ4n) is 1.27. The van der Waals surface area contributed by atoms with Crippen LogP contribution in [-0.2, 0) is 4.74 Å². The van der Waals surface area contributed by atoms with Crippen LogP contribution in [-0.4, -0.2) is 24.6 Å². The second-order valence-corrected chi connectivity index (χ2v) is 3.10. The molecule has 0 saturated carbocycles. The summed E-state index contributed by atoms with van der Waals surface area (Å²) >= 11 is 0. The molecule has 0 unspecified atom stereocenters. The predicted molar refractivity (Wildman–Crippen MR) is 55.8 cm³/mol. The number of rotatable bonds is 4. The summed E-state index contributed by atoms with van der Waals surface area (Å²) in [6, 6.07) is 2.88. The number of esters is 1. The van der Waals surface area contributed by atoms with Gasteiger partial charge in [0.1, 0.15) is 6.07 Å². The van der Waals surface area contributed by atoms with E-state index in [0.717, 1.165) is 7.11 Å². The number of methoxy groups -OCH3 is 1. The van der Waals surface area contributed by atoms with Crippen molar-refractivity contribution in [1.29, 1.82) is 5.26 Å². The van der Waals surface area contributed by atoms with Gasteiger partial charge in [-0.25, -0.2) is 4.79 Å². The van der Waals surface area contributed by atoms with Crippen molar-refractivity contribution in [3.63, 3.8) is 0 Å². The van der Waals surface area contributed by atoms with Gasteiger partial charge < -0.3 is 9.47 Å². The summed E-state index contributed by atoms with van der Waals surface area (Å²) in [6.07, 6.45) is 0. The number of nitro groups is 1. The van der Waals surface area contributed by atoms with Gasteiger partial charge in [-0.3, -0.25) is 10.1 Å². The molecule has 1 aromatic carbocycles. The zero-order chi connectivity index (χ0) is 14.6. The van der Waals surface area contributed by atoms with E-state index in [1.54, 1.807) is 0 Å². The lowest BCUT2D eigenvalue weighted by molar-refractivity contribution is -0.386. The molecule has 0 amide bonds. The monoisotopic (exact) mass is 272 g/mol. The van der Waals surface area contributed by atoms with Crippen molar-refractivity contribution in [2.24, 2.45) is 0 Å². The number of halogens is 2. The van der Waals surface area contributed by atoms with Gasteiger partial charge in [-0.1, -0.05) is 0 Å². The number of hydrogen-bond donors (Lipinski definition) is 0. The summed E-state index contributed by atoms with van der Waals surface area (Å²) in [4.78, 5) is 21.0. The summed E-state index contributed by atoms with van der Waals surface area (Å²) in [6.45, 7) is -3.31. The number of hydrogen-bond acceptors (Lipinski definition) is 6. The van der Waals surface area contributed by atoms with Crippen LogP contribution in [0, 0.1) is 21.4 Å². The van der Waals surface area contributed by atoms with Crippen molar-refractivity contribution in [3.8, 4) is 11.8 Å². The standard InChI is InChI=1S/C10H6F2N2O5/c1-18-9(15)6-3-8(19-10(11)12)7(14(16)17)2-5(6)4-13/h2-3,10H,1H3.